The van der Waals surface area contributed by atoms with E-state index in [-0.39, 0.29) is 0 Å². The maximum absolute atomic E-state index is 5.11. The summed E-state index contributed by atoms with van der Waals surface area (Å²) in [5.74, 6) is 0. The van der Waals surface area contributed by atoms with Crippen molar-refractivity contribution in [2.45, 2.75) is 50.5 Å². The summed E-state index contributed by atoms with van der Waals surface area (Å²) in [6.07, 6.45) is 9.55. The summed E-state index contributed by atoms with van der Waals surface area (Å²) in [5.41, 5.74) is 0.470. The van der Waals surface area contributed by atoms with Gasteiger partial charge in [0.25, 0.3) is 0 Å². The van der Waals surface area contributed by atoms with Crippen molar-refractivity contribution in [3.63, 3.8) is 0 Å². The highest BCUT2D eigenvalue weighted by atomic mass is 16.5. The molecular weight excluding hydrogens is 212 g/mol. The highest BCUT2D eigenvalue weighted by molar-refractivity contribution is 4.96. The number of rotatable bonds is 5. The molecule has 3 heteroatoms. The molecule has 2 fully saturated rings. The average molecular weight is 240 g/mol. The van der Waals surface area contributed by atoms with Crippen LogP contribution in [0.4, 0.5) is 0 Å². The third-order valence-electron chi connectivity index (χ3n) is 4.34. The molecule has 0 aromatic heterocycles. The van der Waals surface area contributed by atoms with E-state index in [0.717, 1.165) is 6.61 Å². The first-order valence-corrected chi connectivity index (χ1v) is 7.31. The van der Waals surface area contributed by atoms with E-state index in [0.29, 0.717) is 5.54 Å². The van der Waals surface area contributed by atoms with E-state index in [9.17, 15) is 0 Å². The van der Waals surface area contributed by atoms with E-state index < -0.39 is 0 Å². The summed E-state index contributed by atoms with van der Waals surface area (Å²) in [6, 6.07) is 0. The van der Waals surface area contributed by atoms with Crippen molar-refractivity contribution < 1.29 is 4.74 Å². The Bertz CT molecular complexity index is 209. The first-order chi connectivity index (χ1) is 8.35. The minimum absolute atomic E-state index is 0.470. The molecule has 1 spiro atoms. The smallest absolute Gasteiger partial charge is 0.0462 e. The molecule has 0 atom stereocenters. The van der Waals surface area contributed by atoms with Crippen LogP contribution >= 0.6 is 0 Å². The van der Waals surface area contributed by atoms with Crippen LogP contribution in [0.3, 0.4) is 0 Å². The van der Waals surface area contributed by atoms with Crippen LogP contribution in [-0.2, 0) is 4.74 Å². The van der Waals surface area contributed by atoms with Gasteiger partial charge in [0.1, 0.15) is 0 Å². The van der Waals surface area contributed by atoms with Crippen LogP contribution in [0.15, 0.2) is 0 Å². The summed E-state index contributed by atoms with van der Waals surface area (Å²) in [4.78, 5) is 2.66. The highest BCUT2D eigenvalue weighted by Gasteiger charge is 2.35. The topological polar surface area (TPSA) is 24.5 Å². The monoisotopic (exact) mass is 240 g/mol. The first-order valence-electron chi connectivity index (χ1n) is 7.31. The largest absolute Gasteiger partial charge is 0.385 e. The Kier molecular flexibility index (Phi) is 5.26. The zero-order valence-electron chi connectivity index (χ0n) is 11.3. The summed E-state index contributed by atoms with van der Waals surface area (Å²) < 4.78 is 5.11. The third-order valence-corrected chi connectivity index (χ3v) is 4.34. The normalized spacial score (nSPS) is 25.2. The van der Waals surface area contributed by atoms with Gasteiger partial charge >= 0.3 is 0 Å². The van der Waals surface area contributed by atoms with Gasteiger partial charge in [0.05, 0.1) is 0 Å². The minimum Gasteiger partial charge on any atom is -0.385 e. The lowest BCUT2D eigenvalue weighted by Crippen LogP contribution is -2.61. The molecule has 1 saturated carbocycles. The summed E-state index contributed by atoms with van der Waals surface area (Å²) in [7, 11) is 1.79. The van der Waals surface area contributed by atoms with Gasteiger partial charge in [-0.25, -0.2) is 0 Å². The van der Waals surface area contributed by atoms with E-state index in [1.165, 1.54) is 71.1 Å². The van der Waals surface area contributed by atoms with Crippen LogP contribution in [0.2, 0.25) is 0 Å². The third kappa shape index (κ3) is 3.94. The maximum Gasteiger partial charge on any atom is 0.0462 e. The Morgan fingerprint density at radius 1 is 1.18 bits per heavy atom. The molecule has 0 radical (unpaired) electrons. The van der Waals surface area contributed by atoms with Crippen molar-refractivity contribution in [2.75, 3.05) is 39.9 Å². The summed E-state index contributed by atoms with van der Waals surface area (Å²) in [6.45, 7) is 5.86. The zero-order valence-corrected chi connectivity index (χ0v) is 11.3. The van der Waals surface area contributed by atoms with Crippen LogP contribution < -0.4 is 5.32 Å². The Hall–Kier alpha value is -0.120. The molecular formula is C14H28N2O. The van der Waals surface area contributed by atoms with Crippen molar-refractivity contribution in [1.82, 2.24) is 10.2 Å². The fraction of sp³-hybridized carbons (Fsp3) is 1.00. The molecule has 0 aromatic rings. The van der Waals surface area contributed by atoms with E-state index in [1.807, 2.05) is 0 Å². The van der Waals surface area contributed by atoms with E-state index in [1.54, 1.807) is 7.11 Å². The van der Waals surface area contributed by atoms with Crippen molar-refractivity contribution in [3.05, 3.63) is 0 Å². The summed E-state index contributed by atoms with van der Waals surface area (Å²) in [5, 5.41) is 3.80. The molecule has 100 valence electrons. The Morgan fingerprint density at radius 3 is 2.76 bits per heavy atom. The molecule has 0 aromatic carbocycles. The van der Waals surface area contributed by atoms with Gasteiger partial charge in [-0.2, -0.15) is 0 Å². The minimum atomic E-state index is 0.470. The molecule has 2 rings (SSSR count). The number of hydrogen-bond donors (Lipinski definition) is 1. The van der Waals surface area contributed by atoms with E-state index >= 15 is 0 Å². The molecule has 3 nitrogen and oxygen atoms in total. The fourth-order valence-corrected chi connectivity index (χ4v) is 3.38. The van der Waals surface area contributed by atoms with Crippen molar-refractivity contribution in [1.29, 1.82) is 0 Å². The van der Waals surface area contributed by atoms with Gasteiger partial charge < -0.3 is 15.0 Å². The molecule has 1 heterocycles. The lowest BCUT2D eigenvalue weighted by atomic mass is 9.80. The average Bonchev–Trinajstić information content (AvgIpc) is 2.36. The first kappa shape index (κ1) is 13.3. The van der Waals surface area contributed by atoms with Gasteiger partial charge in [-0.15, -0.1) is 0 Å². The number of methoxy groups -OCH3 is 1. The number of ether oxygens (including phenoxy) is 1. The van der Waals surface area contributed by atoms with Crippen molar-refractivity contribution in [3.8, 4) is 0 Å². The zero-order chi connectivity index (χ0) is 12.0. The lowest BCUT2D eigenvalue weighted by Gasteiger charge is -2.46. The van der Waals surface area contributed by atoms with Gasteiger partial charge in [-0.3, -0.25) is 0 Å². The van der Waals surface area contributed by atoms with Gasteiger partial charge in [-0.05, 0) is 32.2 Å². The number of unbranched alkanes of at least 4 members (excludes halogenated alkanes) is 1. The molecule has 17 heavy (non-hydrogen) atoms. The Balaban J connectivity index is 1.72. The molecule has 0 unspecified atom stereocenters. The Labute approximate surface area is 106 Å². The van der Waals surface area contributed by atoms with Gasteiger partial charge in [0.15, 0.2) is 0 Å². The van der Waals surface area contributed by atoms with E-state index in [4.69, 9.17) is 4.74 Å². The van der Waals surface area contributed by atoms with E-state index in [2.05, 4.69) is 10.2 Å². The van der Waals surface area contributed by atoms with Crippen molar-refractivity contribution >= 4 is 0 Å². The van der Waals surface area contributed by atoms with Crippen LogP contribution in [0.5, 0.6) is 0 Å². The molecule has 0 amide bonds. The quantitative estimate of drug-likeness (QED) is 0.744. The number of nitrogens with zero attached hydrogens (tertiary/aromatic N) is 1. The molecule has 0 bridgehead atoms. The van der Waals surface area contributed by atoms with Crippen LogP contribution in [-0.4, -0.2) is 50.3 Å². The number of nitrogens with one attached hydrogen (secondary N) is 1. The van der Waals surface area contributed by atoms with Gasteiger partial charge in [0.2, 0.25) is 0 Å². The molecule has 1 N–H and O–H groups in total. The molecule has 1 aliphatic heterocycles. The second-order valence-corrected chi connectivity index (χ2v) is 5.74. The highest BCUT2D eigenvalue weighted by Crippen LogP contribution is 2.30. The maximum atomic E-state index is 5.11. The van der Waals surface area contributed by atoms with Crippen LogP contribution in [0.1, 0.15) is 44.9 Å². The molecule has 2 aliphatic rings. The molecule has 1 saturated heterocycles. The fourth-order valence-electron chi connectivity index (χ4n) is 3.38. The molecule has 1 aliphatic carbocycles. The number of hydrogen-bond acceptors (Lipinski definition) is 3. The predicted molar refractivity (Wildman–Crippen MR) is 71.4 cm³/mol. The van der Waals surface area contributed by atoms with Crippen molar-refractivity contribution in [2.24, 2.45) is 0 Å². The summed E-state index contributed by atoms with van der Waals surface area (Å²) >= 11 is 0. The number of piperazine rings is 1. The lowest BCUT2D eigenvalue weighted by molar-refractivity contribution is 0.0955. The Morgan fingerprint density at radius 2 is 2.00 bits per heavy atom. The standard InChI is InChI=1S/C14H28N2O/c1-17-12-6-5-10-16-11-9-15-14(13-16)7-3-2-4-8-14/h15H,2-13H2,1H3. The second kappa shape index (κ2) is 6.72. The SMILES string of the molecule is COCCCCN1CCNC2(CCCCC2)C1. The second-order valence-electron chi connectivity index (χ2n) is 5.74. The predicted octanol–water partition coefficient (Wildman–Crippen LogP) is 2.02. The van der Waals surface area contributed by atoms with Gasteiger partial charge in [0, 0.05) is 38.9 Å². The van der Waals surface area contributed by atoms with Crippen LogP contribution in [0.25, 0.3) is 0 Å². The van der Waals surface area contributed by atoms with Crippen LogP contribution in [0, 0.1) is 0 Å². The van der Waals surface area contributed by atoms with Gasteiger partial charge in [-0.1, -0.05) is 19.3 Å².